The summed E-state index contributed by atoms with van der Waals surface area (Å²) in [7, 11) is 0. The molecular formula is C39H43Cl3F3MgN3O3. The normalized spacial score (nSPS) is 17.0. The number of aliphatic hydroxyl groups is 2. The molecule has 6 N–H and O–H groups in total. The molecule has 6 rings (SSSR count). The van der Waals surface area contributed by atoms with Gasteiger partial charge in [0.15, 0.2) is 0 Å². The van der Waals surface area contributed by atoms with Crippen molar-refractivity contribution >= 4 is 63.4 Å². The molecule has 1 saturated heterocycles. The van der Waals surface area contributed by atoms with E-state index >= 15 is 0 Å². The molecule has 0 bridgehead atoms. The molecule has 2 saturated carbocycles. The summed E-state index contributed by atoms with van der Waals surface area (Å²) in [6, 6.07) is 18.6. The zero-order chi connectivity index (χ0) is 37.1. The molecule has 0 radical (unpaired) electrons. The number of carbonyl (C=O) groups excluding carboxylic acids is 1. The van der Waals surface area contributed by atoms with Crippen LogP contribution in [0.5, 0.6) is 0 Å². The van der Waals surface area contributed by atoms with Crippen LogP contribution >= 0.6 is 23.2 Å². The molecule has 13 heteroatoms. The van der Waals surface area contributed by atoms with Gasteiger partial charge in [0, 0.05) is 38.9 Å². The third kappa shape index (κ3) is 15.8. The number of hydrogen-bond acceptors (Lipinski definition) is 6. The number of Topliss-reactive ketones (excluding diaryl/α,β-unsaturated/α-hetero) is 1. The molecule has 3 atom stereocenters. The van der Waals surface area contributed by atoms with Crippen molar-refractivity contribution in [2.45, 2.75) is 76.3 Å². The summed E-state index contributed by atoms with van der Waals surface area (Å²) in [4.78, 5) is 13.1. The molecule has 0 spiro atoms. The third-order valence-corrected chi connectivity index (χ3v) is 8.72. The largest absolute Gasteiger partial charge is 2.00 e. The Hall–Kier alpha value is -2.64. The van der Waals surface area contributed by atoms with Gasteiger partial charge in [-0.05, 0) is 113 Å². The van der Waals surface area contributed by atoms with Crippen LogP contribution in [0, 0.1) is 36.0 Å². The number of nitrogen functional groups attached to an aromatic ring is 2. The molecule has 2 aliphatic carbocycles. The molecule has 0 unspecified atom stereocenters. The number of nitrogens with zero attached hydrogens (tertiary/aromatic N) is 1. The van der Waals surface area contributed by atoms with E-state index in [1.54, 1.807) is 25.1 Å². The number of carbonyl (C=O) groups is 1. The predicted molar refractivity (Wildman–Crippen MR) is 199 cm³/mol. The van der Waals surface area contributed by atoms with Gasteiger partial charge in [0.2, 0.25) is 0 Å². The number of benzene rings is 3. The third-order valence-electron chi connectivity index (χ3n) is 8.25. The van der Waals surface area contributed by atoms with Gasteiger partial charge in [-0.25, -0.2) is 0 Å². The van der Waals surface area contributed by atoms with Crippen LogP contribution in [-0.2, 0) is 5.60 Å². The van der Waals surface area contributed by atoms with Crippen LogP contribution in [0.15, 0.2) is 66.7 Å². The quantitative estimate of drug-likeness (QED) is 0.0951. The SMILES string of the molecule is C[C@@H]([C@H](O)c1ccccc1)N1CCCC1.C[C@](O)(C#CC1CC1)c1cc(Cl)ccc1N.Nc1ccc(Cl)cc1C(=O)C(F)(F)F.[C-]#CC1CC1.[Cl-].[Mg+2]. The van der Waals surface area contributed by atoms with Crippen molar-refractivity contribution in [1.29, 1.82) is 0 Å². The second-order valence-corrected chi connectivity index (χ2v) is 13.5. The van der Waals surface area contributed by atoms with Gasteiger partial charge in [-0.2, -0.15) is 13.2 Å². The molecule has 1 aliphatic heterocycles. The number of alkyl halides is 3. The number of likely N-dealkylation sites (tertiary alicyclic amines) is 1. The van der Waals surface area contributed by atoms with E-state index in [-0.39, 0.29) is 58.3 Å². The molecule has 1 heterocycles. The zero-order valence-corrected chi connectivity index (χ0v) is 32.9. The van der Waals surface area contributed by atoms with E-state index < -0.39 is 23.1 Å². The van der Waals surface area contributed by atoms with E-state index in [2.05, 4.69) is 29.6 Å². The summed E-state index contributed by atoms with van der Waals surface area (Å²) in [5.41, 5.74) is 11.0. The summed E-state index contributed by atoms with van der Waals surface area (Å²) in [6.45, 7) is 6.02. The number of rotatable bonds is 5. The standard InChI is InChI=1S/C13H14ClNO.C13H19NO.C8H5ClF3NO.C5H5.ClH.Mg/c1-13(16,7-6-9-2-3-9)11-8-10(14)4-5-12(11)15;1-11(14-9-5-6-10-14)13(15)12-7-3-2-4-8-12;9-4-1-2-6(13)5(3-4)7(14)8(10,11)12;1-2-5-3-4-5;;/h4-5,8-9,16H,2-3,15H2,1H3;2-4,7-8,11,13,15H,5-6,9-10H2,1H3;1-3H,13H2;5H,3-4H2;1H;/q;;;-1;;+2/p-1/t13-;11-,13-;;;;/m00..../s1. The van der Waals surface area contributed by atoms with Gasteiger partial charge in [0.25, 0.3) is 5.78 Å². The maximum Gasteiger partial charge on any atom is 2.00 e. The average Bonchev–Trinajstić information content (AvgIpc) is 4.04. The molecule has 0 amide bonds. The summed E-state index contributed by atoms with van der Waals surface area (Å²) in [5.74, 6) is 7.32. The van der Waals surface area contributed by atoms with Gasteiger partial charge >= 0.3 is 29.2 Å². The van der Waals surface area contributed by atoms with Crippen molar-refractivity contribution in [2.75, 3.05) is 24.6 Å². The Kier molecular flexibility index (Phi) is 20.0. The van der Waals surface area contributed by atoms with Crippen LogP contribution < -0.4 is 23.9 Å². The van der Waals surface area contributed by atoms with Gasteiger partial charge in [-0.15, -0.1) is 0 Å². The Morgan fingerprint density at radius 1 is 0.923 bits per heavy atom. The summed E-state index contributed by atoms with van der Waals surface area (Å²) < 4.78 is 36.0. The van der Waals surface area contributed by atoms with E-state index in [4.69, 9.17) is 41.1 Å². The molecule has 3 aromatic rings. The number of anilines is 2. The fraction of sp³-hybridized carbons (Fsp3) is 0.410. The first-order valence-corrected chi connectivity index (χ1v) is 17.2. The van der Waals surface area contributed by atoms with Crippen LogP contribution in [-0.4, -0.2) is 69.3 Å². The Balaban J connectivity index is 0.000000359. The second-order valence-electron chi connectivity index (χ2n) is 12.7. The van der Waals surface area contributed by atoms with Crippen molar-refractivity contribution < 1.29 is 40.6 Å². The maximum absolute atomic E-state index is 12.0. The van der Waals surface area contributed by atoms with Crippen molar-refractivity contribution in [3.8, 4) is 17.8 Å². The Morgan fingerprint density at radius 3 is 1.92 bits per heavy atom. The summed E-state index contributed by atoms with van der Waals surface area (Å²) in [6.07, 6.45) is 8.41. The van der Waals surface area contributed by atoms with Crippen molar-refractivity contribution in [3.05, 3.63) is 99.9 Å². The van der Waals surface area contributed by atoms with Crippen LogP contribution in [0.3, 0.4) is 0 Å². The molecular weight excluding hydrogens is 746 g/mol. The topological polar surface area (TPSA) is 113 Å². The Labute approximate surface area is 337 Å². The van der Waals surface area contributed by atoms with E-state index in [0.717, 1.165) is 43.6 Å². The number of hydrogen-bond donors (Lipinski definition) is 4. The maximum atomic E-state index is 12.0. The number of nitrogens with two attached hydrogens (primary N) is 2. The number of ketones is 1. The Bertz CT molecular complexity index is 1680. The number of aliphatic hydroxyl groups excluding tert-OH is 1. The molecule has 3 aliphatic rings. The first kappa shape index (κ1) is 47.4. The summed E-state index contributed by atoms with van der Waals surface area (Å²) >= 11 is 11.3. The molecule has 0 aromatic heterocycles. The van der Waals surface area contributed by atoms with E-state index in [1.807, 2.05) is 30.3 Å². The monoisotopic (exact) mass is 787 g/mol. The zero-order valence-electron chi connectivity index (χ0n) is 29.2. The Morgan fingerprint density at radius 2 is 1.44 bits per heavy atom. The minimum atomic E-state index is -4.93. The van der Waals surface area contributed by atoms with Crippen LogP contribution in [0.2, 0.25) is 10.0 Å². The van der Waals surface area contributed by atoms with Crippen LogP contribution in [0.4, 0.5) is 24.5 Å². The van der Waals surface area contributed by atoms with Gasteiger partial charge < -0.3 is 46.4 Å². The van der Waals surface area contributed by atoms with Gasteiger partial charge in [0.1, 0.15) is 5.60 Å². The van der Waals surface area contributed by atoms with Crippen molar-refractivity contribution in [3.63, 3.8) is 0 Å². The minimum absolute atomic E-state index is 0. The number of halogens is 6. The van der Waals surface area contributed by atoms with E-state index in [0.29, 0.717) is 28.1 Å². The molecule has 276 valence electrons. The predicted octanol–water partition coefficient (Wildman–Crippen LogP) is 5.02. The fourth-order valence-corrected chi connectivity index (χ4v) is 5.21. The van der Waals surface area contributed by atoms with Crippen molar-refractivity contribution in [1.82, 2.24) is 4.90 Å². The van der Waals surface area contributed by atoms with Gasteiger partial charge in [0.05, 0.1) is 11.7 Å². The smallest absolute Gasteiger partial charge is 1.00 e. The average molecular weight is 789 g/mol. The summed E-state index contributed by atoms with van der Waals surface area (Å²) in [5, 5.41) is 21.1. The first-order valence-electron chi connectivity index (χ1n) is 16.4. The molecule has 6 nitrogen and oxygen atoms in total. The molecule has 52 heavy (non-hydrogen) atoms. The van der Waals surface area contributed by atoms with Crippen LogP contribution in [0.1, 0.15) is 80.0 Å². The fourth-order valence-electron chi connectivity index (χ4n) is 4.87. The van der Waals surface area contributed by atoms with Gasteiger partial charge in [-0.3, -0.25) is 9.69 Å². The van der Waals surface area contributed by atoms with E-state index in [1.165, 1.54) is 31.7 Å². The molecule has 3 aromatic carbocycles. The van der Waals surface area contributed by atoms with Gasteiger partial charge in [-0.1, -0.05) is 65.4 Å². The minimum Gasteiger partial charge on any atom is -1.00 e. The second kappa shape index (κ2) is 21.9. The molecule has 3 fully saturated rings. The van der Waals surface area contributed by atoms with Crippen LogP contribution in [0.25, 0.3) is 0 Å². The first-order chi connectivity index (χ1) is 23.5. The van der Waals surface area contributed by atoms with E-state index in [9.17, 15) is 28.2 Å². The van der Waals surface area contributed by atoms with Crippen molar-refractivity contribution in [2.24, 2.45) is 11.8 Å².